The highest BCUT2D eigenvalue weighted by molar-refractivity contribution is 6.32. The molecule has 2 saturated heterocycles. The van der Waals surface area contributed by atoms with Crippen molar-refractivity contribution in [2.45, 2.75) is 76.5 Å². The summed E-state index contributed by atoms with van der Waals surface area (Å²) in [4.78, 5) is 14.0. The first-order valence-corrected chi connectivity index (χ1v) is 20.2. The number of aryl methyl sites for hydroxylation is 2. The molecule has 2 aromatic carbocycles. The maximum Gasteiger partial charge on any atom is 0.227 e. The fourth-order valence-corrected chi connectivity index (χ4v) is 8.46. The van der Waals surface area contributed by atoms with E-state index in [1.807, 2.05) is 11.7 Å². The molecule has 3 N–H and O–H groups in total. The van der Waals surface area contributed by atoms with Crippen molar-refractivity contribution in [3.63, 3.8) is 0 Å². The number of hydrogen-bond donors (Lipinski definition) is 3. The van der Waals surface area contributed by atoms with Crippen LogP contribution in [-0.2, 0) is 13.5 Å². The second kappa shape index (κ2) is 16.8. The number of hydrogen-bond acceptors (Lipinski definition) is 8. The molecule has 0 spiro atoms. The molecular weight excluding hydrogens is 702 g/mol. The highest BCUT2D eigenvalue weighted by Crippen LogP contribution is 2.39. The zero-order chi connectivity index (χ0) is 38.6. The van der Waals surface area contributed by atoms with Crippen LogP contribution in [-0.4, -0.2) is 46.9 Å². The van der Waals surface area contributed by atoms with Gasteiger partial charge in [-0.15, -0.1) is 0 Å². The van der Waals surface area contributed by atoms with Gasteiger partial charge in [-0.25, -0.2) is 4.98 Å². The van der Waals surface area contributed by atoms with E-state index in [9.17, 15) is 0 Å². The number of fused-ring (bicyclic) bond motifs is 2. The third kappa shape index (κ3) is 8.62. The molecule has 5 heterocycles. The fourth-order valence-electron chi connectivity index (χ4n) is 8.32. The molecule has 2 aromatic heterocycles. The van der Waals surface area contributed by atoms with Crippen LogP contribution in [0.15, 0.2) is 97.3 Å². The molecule has 0 amide bonds. The summed E-state index contributed by atoms with van der Waals surface area (Å²) in [5, 5.41) is 16.6. The smallest absolute Gasteiger partial charge is 0.227 e. The Labute approximate surface area is 331 Å². The summed E-state index contributed by atoms with van der Waals surface area (Å²) in [7, 11) is 6.03. The van der Waals surface area contributed by atoms with E-state index in [4.69, 9.17) is 21.7 Å². The number of allylic oxidation sites excluding steroid dienone is 4. The van der Waals surface area contributed by atoms with E-state index in [0.717, 1.165) is 115 Å². The van der Waals surface area contributed by atoms with Gasteiger partial charge in [-0.1, -0.05) is 69.3 Å². The Kier molecular flexibility index (Phi) is 11.7. The molecule has 1 atom stereocenters. The van der Waals surface area contributed by atoms with Crippen molar-refractivity contribution in [2.24, 2.45) is 13.0 Å². The Morgan fingerprint density at radius 2 is 1.82 bits per heavy atom. The second-order valence-corrected chi connectivity index (χ2v) is 15.9. The van der Waals surface area contributed by atoms with Crippen molar-refractivity contribution in [1.29, 1.82) is 0 Å². The lowest BCUT2D eigenvalue weighted by molar-refractivity contribution is 0.365. The van der Waals surface area contributed by atoms with Crippen molar-refractivity contribution in [3.05, 3.63) is 119 Å². The number of rotatable bonds is 14. The standard InChI is InChI=1S/C45H56ClN9/c1-29(47-5)13-16-35-26-36-27-37(17-20-41(36)53(6)32(35)4)50-44-40(46)28-48-45(51-44)55-23-21-33(22-24-55)11-9-8-10-12-34-15-19-39-42(25-34)54(7)52-43(39)38-18-14-30(2)49-31(38)3/h15,17,19-20,25-28,33,38,47,49H,1-4,8-14,16,18,21-24H2,5-7H3,(H,48,50,51). The molecule has 10 heteroatoms. The maximum absolute atomic E-state index is 6.63. The topological polar surface area (TPSA) is 86.2 Å². The molecule has 288 valence electrons. The molecule has 0 aliphatic carbocycles. The van der Waals surface area contributed by atoms with Crippen LogP contribution < -0.4 is 25.8 Å². The highest BCUT2D eigenvalue weighted by Gasteiger charge is 2.26. The SMILES string of the molecule is C=C(CCC1=Cc2cc(Nc3nc(N4CCC(CCCCCc5ccc6c(C7CCC(=C)NC7=C)nn(C)c6c5)CC4)ncc3Cl)ccc2N(C)C1=C)NC. The predicted molar refractivity (Wildman–Crippen MR) is 231 cm³/mol. The number of likely N-dealkylation sites (N-methyl/N-ethyl adjacent to an activating group) is 1. The molecule has 1 unspecified atom stereocenters. The molecule has 4 aromatic rings. The van der Waals surface area contributed by atoms with Gasteiger partial charge in [-0.2, -0.15) is 10.1 Å². The molecular formula is C45H56ClN9. The quantitative estimate of drug-likeness (QED) is 0.110. The minimum absolute atomic E-state index is 0.225. The maximum atomic E-state index is 6.63. The summed E-state index contributed by atoms with van der Waals surface area (Å²) in [5.74, 6) is 2.32. The number of halogens is 1. The Bertz CT molecular complexity index is 2140. The van der Waals surface area contributed by atoms with E-state index < -0.39 is 0 Å². The number of unbranched alkanes of at least 4 members (excludes halogenated alkanes) is 2. The van der Waals surface area contributed by atoms with Gasteiger partial charge in [-0.05, 0) is 98.8 Å². The van der Waals surface area contributed by atoms with Gasteiger partial charge in [0.2, 0.25) is 5.95 Å². The molecule has 0 saturated carbocycles. The first-order valence-electron chi connectivity index (χ1n) is 19.8. The lowest BCUT2D eigenvalue weighted by Gasteiger charge is -2.32. The average molecular weight is 758 g/mol. The summed E-state index contributed by atoms with van der Waals surface area (Å²) in [6, 6.07) is 13.2. The van der Waals surface area contributed by atoms with E-state index >= 15 is 0 Å². The van der Waals surface area contributed by atoms with E-state index in [2.05, 4.69) is 114 Å². The fraction of sp³-hybridized carbons (Fsp3) is 0.400. The number of nitrogens with one attached hydrogen (secondary N) is 3. The molecule has 3 aliphatic rings. The monoisotopic (exact) mass is 757 g/mol. The number of nitrogens with zero attached hydrogens (tertiary/aromatic N) is 6. The number of anilines is 4. The third-order valence-corrected chi connectivity index (χ3v) is 12.1. The van der Waals surface area contributed by atoms with Gasteiger partial charge < -0.3 is 25.8 Å². The molecule has 9 nitrogen and oxygen atoms in total. The largest absolute Gasteiger partial charge is 0.392 e. The molecule has 2 fully saturated rings. The summed E-state index contributed by atoms with van der Waals surface area (Å²) in [5.41, 5.74) is 12.2. The Balaban J connectivity index is 0.880. The van der Waals surface area contributed by atoms with Crippen LogP contribution in [0, 0.1) is 5.92 Å². The van der Waals surface area contributed by atoms with E-state index in [1.165, 1.54) is 47.7 Å². The van der Waals surface area contributed by atoms with Crippen molar-refractivity contribution in [1.82, 2.24) is 30.4 Å². The van der Waals surface area contributed by atoms with Gasteiger partial charge in [0, 0.05) is 85.3 Å². The van der Waals surface area contributed by atoms with Gasteiger partial charge >= 0.3 is 0 Å². The second-order valence-electron chi connectivity index (χ2n) is 15.5. The Morgan fingerprint density at radius 1 is 1.00 bits per heavy atom. The minimum atomic E-state index is 0.225. The van der Waals surface area contributed by atoms with Crippen molar-refractivity contribution >= 4 is 51.7 Å². The van der Waals surface area contributed by atoms with Gasteiger partial charge in [0.05, 0.1) is 17.4 Å². The predicted octanol–water partition coefficient (Wildman–Crippen LogP) is 10.1. The van der Waals surface area contributed by atoms with Crippen LogP contribution in [0.1, 0.15) is 86.9 Å². The zero-order valence-electron chi connectivity index (χ0n) is 32.9. The average Bonchev–Trinajstić information content (AvgIpc) is 3.51. The third-order valence-electron chi connectivity index (χ3n) is 11.8. The number of aromatic nitrogens is 4. The zero-order valence-corrected chi connectivity index (χ0v) is 33.6. The van der Waals surface area contributed by atoms with E-state index in [1.54, 1.807) is 6.20 Å². The molecule has 7 rings (SSSR count). The van der Waals surface area contributed by atoms with Crippen molar-refractivity contribution in [2.75, 3.05) is 42.3 Å². The first kappa shape index (κ1) is 38.3. The summed E-state index contributed by atoms with van der Waals surface area (Å²) >= 11 is 6.63. The van der Waals surface area contributed by atoms with Crippen LogP contribution in [0.5, 0.6) is 0 Å². The van der Waals surface area contributed by atoms with Crippen molar-refractivity contribution in [3.8, 4) is 0 Å². The van der Waals surface area contributed by atoms with Crippen LogP contribution in [0.25, 0.3) is 17.0 Å². The summed E-state index contributed by atoms with van der Waals surface area (Å²) in [6.45, 7) is 18.7. The van der Waals surface area contributed by atoms with Crippen LogP contribution in [0.3, 0.4) is 0 Å². The summed E-state index contributed by atoms with van der Waals surface area (Å²) < 4.78 is 2.04. The van der Waals surface area contributed by atoms with Crippen LogP contribution in [0.4, 0.5) is 23.1 Å². The Morgan fingerprint density at radius 3 is 2.60 bits per heavy atom. The molecule has 0 radical (unpaired) electrons. The van der Waals surface area contributed by atoms with Crippen molar-refractivity contribution < 1.29 is 0 Å². The normalized spacial score (nSPS) is 17.6. The lowest BCUT2D eigenvalue weighted by Crippen LogP contribution is -2.35. The van der Waals surface area contributed by atoms with Gasteiger partial charge in [0.15, 0.2) is 5.82 Å². The lowest BCUT2D eigenvalue weighted by atomic mass is 9.89. The minimum Gasteiger partial charge on any atom is -0.392 e. The Hall–Kier alpha value is -5.02. The first-order chi connectivity index (χ1) is 26.6. The van der Waals surface area contributed by atoms with Gasteiger partial charge in [0.25, 0.3) is 0 Å². The van der Waals surface area contributed by atoms with E-state index in [0.29, 0.717) is 10.8 Å². The summed E-state index contributed by atoms with van der Waals surface area (Å²) in [6.07, 6.45) is 16.0. The van der Waals surface area contributed by atoms with E-state index in [-0.39, 0.29) is 5.92 Å². The molecule has 0 bridgehead atoms. The molecule has 3 aliphatic heterocycles. The number of piperidine rings is 2. The van der Waals surface area contributed by atoms with Crippen LogP contribution >= 0.6 is 11.6 Å². The highest BCUT2D eigenvalue weighted by atomic mass is 35.5. The van der Waals surface area contributed by atoms with Gasteiger partial charge in [-0.3, -0.25) is 4.68 Å². The molecule has 55 heavy (non-hydrogen) atoms. The van der Waals surface area contributed by atoms with Crippen LogP contribution in [0.2, 0.25) is 5.02 Å². The number of benzene rings is 2. The van der Waals surface area contributed by atoms with Gasteiger partial charge in [0.1, 0.15) is 5.02 Å².